The molecule has 6 nitrogen and oxygen atoms in total. The average molecular weight is 366 g/mol. The molecule has 2 N–H and O–H groups in total. The van der Waals surface area contributed by atoms with Crippen molar-refractivity contribution in [2.75, 3.05) is 0 Å². The first-order valence-corrected chi connectivity index (χ1v) is 7.96. The van der Waals surface area contributed by atoms with Crippen molar-refractivity contribution in [1.82, 2.24) is 5.32 Å². The van der Waals surface area contributed by atoms with Gasteiger partial charge < -0.3 is 10.1 Å². The van der Waals surface area contributed by atoms with E-state index in [1.54, 1.807) is 26.8 Å². The molecule has 0 aliphatic rings. The summed E-state index contributed by atoms with van der Waals surface area (Å²) < 4.78 is 37.1. The Morgan fingerprint density at radius 2 is 2.00 bits per heavy atom. The highest BCUT2D eigenvalue weighted by Crippen LogP contribution is 2.25. The summed E-state index contributed by atoms with van der Waals surface area (Å²) in [4.78, 5) is 11.3. The lowest BCUT2D eigenvalue weighted by atomic mass is 10.2. The Morgan fingerprint density at radius 3 is 2.50 bits per heavy atom. The van der Waals surface area contributed by atoms with Gasteiger partial charge in [0.05, 0.1) is 0 Å². The van der Waals surface area contributed by atoms with Crippen molar-refractivity contribution in [3.05, 3.63) is 28.2 Å². The van der Waals surface area contributed by atoms with Crippen LogP contribution < -0.4 is 5.32 Å². The summed E-state index contributed by atoms with van der Waals surface area (Å²) >= 11 is 3.06. The molecule has 0 unspecified atom stereocenters. The number of hydrogen-bond donors (Lipinski definition) is 2. The number of alkyl carbamates (subject to hydrolysis) is 1. The minimum atomic E-state index is -4.39. The lowest BCUT2D eigenvalue weighted by molar-refractivity contribution is 0.0523. The average Bonchev–Trinajstić information content (AvgIpc) is 2.22. The standard InChI is InChI=1S/C12H16BrNO5S/c1-12(2,3)19-11(15)14-7-8-5-4-6-9(13)10(8)20(16,17)18/h4-6H,7H2,1-3H3,(H,14,15)(H,16,17,18). The summed E-state index contributed by atoms with van der Waals surface area (Å²) in [6, 6.07) is 4.58. The Bertz CT molecular complexity index is 607. The van der Waals surface area contributed by atoms with Crippen LogP contribution in [0.15, 0.2) is 27.6 Å². The molecule has 0 aliphatic heterocycles. The largest absolute Gasteiger partial charge is 0.444 e. The van der Waals surface area contributed by atoms with E-state index in [9.17, 15) is 17.8 Å². The Kier molecular flexibility index (Phi) is 5.17. The molecule has 0 atom stereocenters. The molecule has 1 aromatic rings. The maximum Gasteiger partial charge on any atom is 0.407 e. The van der Waals surface area contributed by atoms with Crippen LogP contribution in [0.5, 0.6) is 0 Å². The number of ether oxygens (including phenoxy) is 1. The summed E-state index contributed by atoms with van der Waals surface area (Å²) in [6.07, 6.45) is -0.668. The normalized spacial score (nSPS) is 12.1. The zero-order valence-corrected chi connectivity index (χ0v) is 13.7. The van der Waals surface area contributed by atoms with Gasteiger partial charge in [0.15, 0.2) is 0 Å². The Balaban J connectivity index is 2.90. The van der Waals surface area contributed by atoms with Crippen molar-refractivity contribution in [2.45, 2.75) is 37.8 Å². The SMILES string of the molecule is CC(C)(C)OC(=O)NCc1cccc(Br)c1S(=O)(=O)O. The summed E-state index contributed by atoms with van der Waals surface area (Å²) in [5.74, 6) is 0. The second kappa shape index (κ2) is 6.11. The van der Waals surface area contributed by atoms with Crippen LogP contribution in [0.2, 0.25) is 0 Å². The minimum absolute atomic E-state index is 0.0799. The molecule has 0 radical (unpaired) electrons. The van der Waals surface area contributed by atoms with E-state index >= 15 is 0 Å². The van der Waals surface area contributed by atoms with E-state index in [2.05, 4.69) is 21.2 Å². The van der Waals surface area contributed by atoms with Crippen molar-refractivity contribution < 1.29 is 22.5 Å². The second-order valence-corrected chi connectivity index (χ2v) is 7.27. The highest BCUT2D eigenvalue weighted by atomic mass is 79.9. The Labute approximate surface area is 126 Å². The summed E-state index contributed by atoms with van der Waals surface area (Å²) in [5, 5.41) is 2.44. The van der Waals surface area contributed by atoms with E-state index in [0.717, 1.165) is 0 Å². The molecule has 8 heteroatoms. The van der Waals surface area contributed by atoms with Crippen LogP contribution in [0, 0.1) is 0 Å². The molecule has 1 amide bonds. The van der Waals surface area contributed by atoms with Crippen LogP contribution >= 0.6 is 15.9 Å². The second-order valence-electron chi connectivity index (χ2n) is 5.06. The lowest BCUT2D eigenvalue weighted by Crippen LogP contribution is -2.32. The third-order valence-electron chi connectivity index (χ3n) is 2.13. The van der Waals surface area contributed by atoms with Crippen LogP contribution in [-0.2, 0) is 21.4 Å². The van der Waals surface area contributed by atoms with Gasteiger partial charge in [-0.15, -0.1) is 0 Å². The highest BCUT2D eigenvalue weighted by molar-refractivity contribution is 9.10. The maximum atomic E-state index is 11.5. The van der Waals surface area contributed by atoms with E-state index in [1.807, 2.05) is 0 Å². The first-order valence-electron chi connectivity index (χ1n) is 5.72. The van der Waals surface area contributed by atoms with Crippen molar-refractivity contribution in [1.29, 1.82) is 0 Å². The molecule has 0 saturated carbocycles. The Morgan fingerprint density at radius 1 is 1.40 bits per heavy atom. The number of carbonyl (C=O) groups is 1. The van der Waals surface area contributed by atoms with Gasteiger partial charge in [0.25, 0.3) is 10.1 Å². The zero-order valence-electron chi connectivity index (χ0n) is 11.3. The van der Waals surface area contributed by atoms with Gasteiger partial charge in [0.1, 0.15) is 10.5 Å². The molecular weight excluding hydrogens is 350 g/mol. The first kappa shape index (κ1) is 16.9. The van der Waals surface area contributed by atoms with Crippen LogP contribution in [-0.4, -0.2) is 24.7 Å². The van der Waals surface area contributed by atoms with Gasteiger partial charge in [-0.05, 0) is 48.3 Å². The Hall–Kier alpha value is -1.12. The number of hydrogen-bond acceptors (Lipinski definition) is 4. The van der Waals surface area contributed by atoms with Crippen LogP contribution in [0.25, 0.3) is 0 Å². The number of nitrogens with one attached hydrogen (secondary N) is 1. The number of carbonyl (C=O) groups excluding carboxylic acids is 1. The summed E-state index contributed by atoms with van der Waals surface area (Å²) in [5.41, 5.74) is -0.388. The highest BCUT2D eigenvalue weighted by Gasteiger charge is 2.20. The molecule has 0 heterocycles. The minimum Gasteiger partial charge on any atom is -0.444 e. The molecule has 0 spiro atoms. The number of amides is 1. The number of halogens is 1. The third-order valence-corrected chi connectivity index (χ3v) is 4.05. The molecule has 0 saturated heterocycles. The smallest absolute Gasteiger partial charge is 0.407 e. The van der Waals surface area contributed by atoms with Crippen molar-refractivity contribution in [3.8, 4) is 0 Å². The third kappa shape index (κ3) is 5.10. The predicted molar refractivity (Wildman–Crippen MR) is 77.0 cm³/mol. The van der Waals surface area contributed by atoms with Gasteiger partial charge in [-0.2, -0.15) is 8.42 Å². The monoisotopic (exact) mass is 365 g/mol. The van der Waals surface area contributed by atoms with E-state index in [-0.39, 0.29) is 21.5 Å². The van der Waals surface area contributed by atoms with E-state index in [1.165, 1.54) is 12.1 Å². The molecule has 112 valence electrons. The van der Waals surface area contributed by atoms with E-state index in [4.69, 9.17) is 4.74 Å². The first-order chi connectivity index (χ1) is 9.00. The maximum absolute atomic E-state index is 11.5. The molecule has 0 bridgehead atoms. The molecule has 1 aromatic carbocycles. The quantitative estimate of drug-likeness (QED) is 0.803. The molecular formula is C12H16BrNO5S. The fourth-order valence-electron chi connectivity index (χ4n) is 1.46. The fraction of sp³-hybridized carbons (Fsp3) is 0.417. The lowest BCUT2D eigenvalue weighted by Gasteiger charge is -2.20. The van der Waals surface area contributed by atoms with Gasteiger partial charge in [-0.3, -0.25) is 4.55 Å². The van der Waals surface area contributed by atoms with Gasteiger partial charge in [-0.1, -0.05) is 12.1 Å². The number of rotatable bonds is 3. The van der Waals surface area contributed by atoms with Crippen molar-refractivity contribution in [2.24, 2.45) is 0 Å². The van der Waals surface area contributed by atoms with Crippen molar-refractivity contribution in [3.63, 3.8) is 0 Å². The van der Waals surface area contributed by atoms with E-state index < -0.39 is 21.8 Å². The van der Waals surface area contributed by atoms with Gasteiger partial charge >= 0.3 is 6.09 Å². The van der Waals surface area contributed by atoms with Crippen LogP contribution in [0.3, 0.4) is 0 Å². The van der Waals surface area contributed by atoms with Crippen molar-refractivity contribution >= 4 is 32.1 Å². The van der Waals surface area contributed by atoms with E-state index in [0.29, 0.717) is 0 Å². The number of benzene rings is 1. The fourth-order valence-corrected chi connectivity index (χ4v) is 3.27. The van der Waals surface area contributed by atoms with Gasteiger partial charge in [-0.25, -0.2) is 4.79 Å². The van der Waals surface area contributed by atoms with Crippen LogP contribution in [0.4, 0.5) is 4.79 Å². The topological polar surface area (TPSA) is 92.7 Å². The zero-order chi connectivity index (χ0) is 15.6. The summed E-state index contributed by atoms with van der Waals surface area (Å²) in [6.45, 7) is 5.07. The van der Waals surface area contributed by atoms with Gasteiger partial charge in [0.2, 0.25) is 0 Å². The predicted octanol–water partition coefficient (Wildman–Crippen LogP) is 2.72. The summed E-state index contributed by atoms with van der Waals surface area (Å²) in [7, 11) is -4.39. The molecule has 20 heavy (non-hydrogen) atoms. The molecule has 0 aliphatic carbocycles. The molecule has 0 aromatic heterocycles. The van der Waals surface area contributed by atoms with Crippen LogP contribution in [0.1, 0.15) is 26.3 Å². The molecule has 0 fully saturated rings. The van der Waals surface area contributed by atoms with Gasteiger partial charge in [0, 0.05) is 11.0 Å². The molecule has 1 rings (SSSR count).